The maximum Gasteiger partial charge on any atom is 0.231 e. The topological polar surface area (TPSA) is 75.5 Å². The molecule has 0 aromatic carbocycles. The molecule has 3 fully saturated rings. The first-order chi connectivity index (χ1) is 12.3. The number of rotatable bonds is 5. The summed E-state index contributed by atoms with van der Waals surface area (Å²) in [7, 11) is -3.09. The Balaban J connectivity index is 1.54. The van der Waals surface area contributed by atoms with E-state index in [9.17, 15) is 13.2 Å². The minimum absolute atomic E-state index is 0.0550. The Labute approximate surface area is 155 Å². The highest BCUT2D eigenvalue weighted by Crippen LogP contribution is 2.49. The van der Waals surface area contributed by atoms with E-state index < -0.39 is 9.84 Å². The second-order valence-electron chi connectivity index (χ2n) is 8.58. The minimum atomic E-state index is -3.09. The van der Waals surface area contributed by atoms with Crippen molar-refractivity contribution in [2.24, 2.45) is 11.3 Å². The molecule has 1 aromatic heterocycles. The molecule has 3 aliphatic rings. The highest BCUT2D eigenvalue weighted by atomic mass is 32.2. The molecule has 1 aliphatic carbocycles. The van der Waals surface area contributed by atoms with Crippen molar-refractivity contribution in [2.45, 2.75) is 45.3 Å². The first-order valence-corrected chi connectivity index (χ1v) is 11.3. The second-order valence-corrected chi connectivity index (χ2v) is 10.7. The van der Waals surface area contributed by atoms with E-state index in [4.69, 9.17) is 0 Å². The van der Waals surface area contributed by atoms with Gasteiger partial charge in [-0.25, -0.2) is 8.42 Å². The molecule has 2 aliphatic heterocycles. The van der Waals surface area contributed by atoms with Crippen LogP contribution >= 0.6 is 0 Å². The Bertz CT molecular complexity index is 770. The molecule has 0 N–H and O–H groups in total. The van der Waals surface area contributed by atoms with E-state index in [0.29, 0.717) is 19.0 Å². The third-order valence-corrected chi connectivity index (χ3v) is 7.68. The molecule has 2 saturated heterocycles. The van der Waals surface area contributed by atoms with Gasteiger partial charge in [0.05, 0.1) is 29.5 Å². The monoisotopic (exact) mass is 380 g/mol. The predicted molar refractivity (Wildman–Crippen MR) is 98.2 cm³/mol. The molecule has 4 rings (SSSR count). The van der Waals surface area contributed by atoms with Crippen molar-refractivity contribution in [1.29, 1.82) is 0 Å². The number of aromatic nitrogens is 2. The zero-order valence-electron chi connectivity index (χ0n) is 15.5. The van der Waals surface area contributed by atoms with Gasteiger partial charge in [-0.1, -0.05) is 13.8 Å². The van der Waals surface area contributed by atoms with E-state index in [1.807, 2.05) is 21.8 Å². The maximum absolute atomic E-state index is 13.4. The average Bonchev–Trinajstić information content (AvgIpc) is 2.99. The van der Waals surface area contributed by atoms with Crippen LogP contribution < -0.4 is 0 Å². The molecule has 3 heterocycles. The van der Waals surface area contributed by atoms with Crippen molar-refractivity contribution in [3.05, 3.63) is 18.5 Å². The van der Waals surface area contributed by atoms with Gasteiger partial charge in [-0.05, 0) is 24.8 Å². The molecule has 144 valence electrons. The van der Waals surface area contributed by atoms with Crippen molar-refractivity contribution in [3.8, 4) is 0 Å². The lowest BCUT2D eigenvalue weighted by Gasteiger charge is -2.45. The van der Waals surface area contributed by atoms with Crippen LogP contribution in [0, 0.1) is 11.3 Å². The summed E-state index contributed by atoms with van der Waals surface area (Å²) in [5.41, 5.74) is -0.386. The van der Waals surface area contributed by atoms with Crippen LogP contribution in [0.5, 0.6) is 0 Å². The number of hydrogen-bond donors (Lipinski definition) is 0. The Hall–Kier alpha value is -1.41. The molecule has 1 aromatic rings. The molecule has 7 nitrogen and oxygen atoms in total. The van der Waals surface area contributed by atoms with Gasteiger partial charge in [-0.3, -0.25) is 14.4 Å². The molecule has 2 atom stereocenters. The summed E-state index contributed by atoms with van der Waals surface area (Å²) < 4.78 is 26.5. The smallest absolute Gasteiger partial charge is 0.231 e. The Morgan fingerprint density at radius 1 is 1.23 bits per heavy atom. The Morgan fingerprint density at radius 2 is 1.96 bits per heavy atom. The summed E-state index contributed by atoms with van der Waals surface area (Å²) in [6, 6.07) is 1.61. The van der Waals surface area contributed by atoms with Crippen LogP contribution in [0.3, 0.4) is 0 Å². The number of carbonyl (C=O) groups excluding carboxylic acids is 1. The molecular formula is C18H28N4O3S. The van der Waals surface area contributed by atoms with Crippen LogP contribution in [0.15, 0.2) is 18.5 Å². The van der Waals surface area contributed by atoms with Crippen molar-refractivity contribution < 1.29 is 13.2 Å². The average molecular weight is 381 g/mol. The quantitative estimate of drug-likeness (QED) is 0.749. The van der Waals surface area contributed by atoms with E-state index in [1.165, 1.54) is 0 Å². The second kappa shape index (κ2) is 6.34. The van der Waals surface area contributed by atoms with Crippen LogP contribution in [0.4, 0.5) is 0 Å². The number of fused-ring (bicyclic) bond motifs is 1. The van der Waals surface area contributed by atoms with Crippen LogP contribution in [-0.4, -0.2) is 77.1 Å². The normalized spacial score (nSPS) is 29.7. The molecule has 26 heavy (non-hydrogen) atoms. The fourth-order valence-corrected chi connectivity index (χ4v) is 6.58. The standard InChI is InChI=1S/C18H28N4O3S/c1-14(2)10-20-8-9-22(16-12-26(24,25)11-15(16)20)17(23)18(4-5-18)13-21-7-3-6-19-21/h3,6-7,14-16H,4-5,8-13H2,1-2H3/t15-,16+/m1/s1. The SMILES string of the molecule is CC(C)CN1CCN(C(=O)C2(Cn3cccn3)CC2)[C@H]2CS(=O)(=O)C[C@H]21. The van der Waals surface area contributed by atoms with E-state index in [0.717, 1.165) is 25.9 Å². The zero-order valence-corrected chi connectivity index (χ0v) is 16.4. The van der Waals surface area contributed by atoms with E-state index in [1.54, 1.807) is 6.20 Å². The van der Waals surface area contributed by atoms with Gasteiger partial charge in [0.25, 0.3) is 0 Å². The summed E-state index contributed by atoms with van der Waals surface area (Å²) in [6.45, 7) is 7.17. The van der Waals surface area contributed by atoms with Crippen LogP contribution in [0.1, 0.15) is 26.7 Å². The van der Waals surface area contributed by atoms with Gasteiger partial charge in [-0.2, -0.15) is 5.10 Å². The third kappa shape index (κ3) is 3.29. The number of amides is 1. The Morgan fingerprint density at radius 3 is 2.58 bits per heavy atom. The fourth-order valence-electron chi connectivity index (χ4n) is 4.57. The molecule has 0 radical (unpaired) electrons. The summed E-state index contributed by atoms with van der Waals surface area (Å²) in [5.74, 6) is 0.899. The highest BCUT2D eigenvalue weighted by Gasteiger charge is 2.56. The van der Waals surface area contributed by atoms with E-state index in [2.05, 4.69) is 23.8 Å². The largest absolute Gasteiger partial charge is 0.335 e. The van der Waals surface area contributed by atoms with Crippen molar-refractivity contribution >= 4 is 15.7 Å². The van der Waals surface area contributed by atoms with Gasteiger partial charge >= 0.3 is 0 Å². The molecule has 1 amide bonds. The summed E-state index contributed by atoms with van der Waals surface area (Å²) in [6.07, 6.45) is 5.34. The maximum atomic E-state index is 13.4. The van der Waals surface area contributed by atoms with Gasteiger partial charge in [-0.15, -0.1) is 0 Å². The highest BCUT2D eigenvalue weighted by molar-refractivity contribution is 7.91. The van der Waals surface area contributed by atoms with Crippen molar-refractivity contribution in [2.75, 3.05) is 31.1 Å². The third-order valence-electron chi connectivity index (χ3n) is 5.98. The van der Waals surface area contributed by atoms with Gasteiger partial charge in [0, 0.05) is 38.1 Å². The first-order valence-electron chi connectivity index (χ1n) is 9.53. The lowest BCUT2D eigenvalue weighted by atomic mass is 9.98. The van der Waals surface area contributed by atoms with Gasteiger partial charge in [0.1, 0.15) is 0 Å². The van der Waals surface area contributed by atoms with Crippen LogP contribution in [-0.2, 0) is 21.2 Å². The fraction of sp³-hybridized carbons (Fsp3) is 0.778. The number of carbonyl (C=O) groups is 1. The predicted octanol–water partition coefficient (Wildman–Crippen LogP) is 0.629. The molecule has 0 bridgehead atoms. The molecule has 0 spiro atoms. The summed E-state index contributed by atoms with van der Waals surface area (Å²) in [4.78, 5) is 17.5. The molecule has 0 unspecified atom stereocenters. The van der Waals surface area contributed by atoms with E-state index >= 15 is 0 Å². The van der Waals surface area contributed by atoms with E-state index in [-0.39, 0.29) is 34.9 Å². The number of nitrogens with zero attached hydrogens (tertiary/aromatic N) is 4. The lowest BCUT2D eigenvalue weighted by Crippen LogP contribution is -2.62. The summed E-state index contributed by atoms with van der Waals surface area (Å²) in [5, 5.41) is 4.25. The first kappa shape index (κ1) is 18.0. The molecular weight excluding hydrogens is 352 g/mol. The van der Waals surface area contributed by atoms with Gasteiger partial charge < -0.3 is 4.90 Å². The number of piperazine rings is 1. The van der Waals surface area contributed by atoms with Gasteiger partial charge in [0.2, 0.25) is 5.91 Å². The van der Waals surface area contributed by atoms with Crippen LogP contribution in [0.2, 0.25) is 0 Å². The zero-order chi connectivity index (χ0) is 18.5. The van der Waals surface area contributed by atoms with Crippen molar-refractivity contribution in [3.63, 3.8) is 0 Å². The number of hydrogen-bond acceptors (Lipinski definition) is 5. The van der Waals surface area contributed by atoms with Crippen molar-refractivity contribution in [1.82, 2.24) is 19.6 Å². The molecule has 8 heteroatoms. The summed E-state index contributed by atoms with van der Waals surface area (Å²) >= 11 is 0. The van der Waals surface area contributed by atoms with Crippen LogP contribution in [0.25, 0.3) is 0 Å². The Kier molecular flexibility index (Phi) is 4.38. The lowest BCUT2D eigenvalue weighted by molar-refractivity contribution is -0.143. The minimum Gasteiger partial charge on any atom is -0.335 e. The molecule has 1 saturated carbocycles. The van der Waals surface area contributed by atoms with Gasteiger partial charge in [0.15, 0.2) is 9.84 Å². The number of sulfone groups is 1.